The van der Waals surface area contributed by atoms with Gasteiger partial charge in [-0.25, -0.2) is 0 Å². The summed E-state index contributed by atoms with van der Waals surface area (Å²) in [6.45, 7) is 2.97. The molecule has 0 spiro atoms. The average molecular weight is 296 g/mol. The molecule has 0 aliphatic heterocycles. The van der Waals surface area contributed by atoms with E-state index in [1.807, 2.05) is 18.2 Å². The lowest BCUT2D eigenvalue weighted by Crippen LogP contribution is -2.18. The Morgan fingerprint density at radius 3 is 2.48 bits per heavy atom. The van der Waals surface area contributed by atoms with Crippen molar-refractivity contribution in [1.29, 1.82) is 0 Å². The molecule has 0 fully saturated rings. The Morgan fingerprint density at radius 1 is 0.905 bits per heavy atom. The molecule has 3 rings (SSSR count). The lowest BCUT2D eigenvalue weighted by atomic mass is 10.0. The maximum absolute atomic E-state index is 6.26. The van der Waals surface area contributed by atoms with E-state index >= 15 is 0 Å². The van der Waals surface area contributed by atoms with Gasteiger partial charge in [0.05, 0.1) is 0 Å². The number of rotatable bonds is 4. The highest BCUT2D eigenvalue weighted by molar-refractivity contribution is 6.31. The van der Waals surface area contributed by atoms with Crippen LogP contribution in [-0.2, 0) is 6.54 Å². The molecule has 106 valence electrons. The largest absolute Gasteiger partial charge is 0.306 e. The first-order valence-electron chi connectivity index (χ1n) is 7.20. The highest BCUT2D eigenvalue weighted by Gasteiger charge is 2.09. The van der Waals surface area contributed by atoms with Gasteiger partial charge in [-0.1, -0.05) is 72.3 Å². The molecule has 1 nitrogen and oxygen atoms in total. The molecule has 1 atom stereocenters. The summed E-state index contributed by atoms with van der Waals surface area (Å²) in [5.41, 5.74) is 2.45. The molecule has 0 heterocycles. The highest BCUT2D eigenvalue weighted by atomic mass is 35.5. The van der Waals surface area contributed by atoms with Crippen LogP contribution in [0.25, 0.3) is 10.8 Å². The molecule has 0 aliphatic rings. The minimum absolute atomic E-state index is 0.220. The Balaban J connectivity index is 1.79. The zero-order chi connectivity index (χ0) is 14.7. The van der Waals surface area contributed by atoms with Gasteiger partial charge in [0.15, 0.2) is 0 Å². The predicted octanol–water partition coefficient (Wildman–Crippen LogP) is 5.34. The zero-order valence-corrected chi connectivity index (χ0v) is 12.8. The Hall–Kier alpha value is -1.83. The minimum Gasteiger partial charge on any atom is -0.306 e. The van der Waals surface area contributed by atoms with E-state index in [1.165, 1.54) is 16.3 Å². The van der Waals surface area contributed by atoms with Crippen LogP contribution < -0.4 is 5.32 Å². The van der Waals surface area contributed by atoms with Crippen molar-refractivity contribution >= 4 is 22.4 Å². The number of nitrogens with one attached hydrogen (secondary N) is 1. The predicted molar refractivity (Wildman–Crippen MR) is 90.7 cm³/mol. The zero-order valence-electron chi connectivity index (χ0n) is 12.0. The normalized spacial score (nSPS) is 12.5. The van der Waals surface area contributed by atoms with Crippen LogP contribution in [-0.4, -0.2) is 0 Å². The standard InChI is InChI=1S/C19H18ClN/c1-14(17-10-4-5-12-19(17)20)21-13-16-9-6-8-15-7-2-3-11-18(15)16/h2-12,14,21H,13H2,1H3/t14-/m1/s1. The second kappa shape index (κ2) is 6.30. The summed E-state index contributed by atoms with van der Waals surface area (Å²) < 4.78 is 0. The summed E-state index contributed by atoms with van der Waals surface area (Å²) in [5.74, 6) is 0. The second-order valence-electron chi connectivity index (χ2n) is 5.26. The van der Waals surface area contributed by atoms with Crippen LogP contribution in [0.3, 0.4) is 0 Å². The minimum atomic E-state index is 0.220. The molecule has 0 saturated heterocycles. The Bertz CT molecular complexity index is 746. The van der Waals surface area contributed by atoms with Gasteiger partial charge in [-0.2, -0.15) is 0 Å². The molecule has 0 unspecified atom stereocenters. The summed E-state index contributed by atoms with van der Waals surface area (Å²) in [7, 11) is 0. The molecule has 1 N–H and O–H groups in total. The first-order chi connectivity index (χ1) is 10.3. The van der Waals surface area contributed by atoms with Gasteiger partial charge in [0.25, 0.3) is 0 Å². The van der Waals surface area contributed by atoms with E-state index in [0.717, 1.165) is 17.1 Å². The molecule has 0 amide bonds. The topological polar surface area (TPSA) is 12.0 Å². The summed E-state index contributed by atoms with van der Waals surface area (Å²) in [6.07, 6.45) is 0. The fraction of sp³-hybridized carbons (Fsp3) is 0.158. The number of fused-ring (bicyclic) bond motifs is 1. The van der Waals surface area contributed by atoms with E-state index in [0.29, 0.717) is 0 Å². The Kier molecular flexibility index (Phi) is 4.23. The van der Waals surface area contributed by atoms with Crippen molar-refractivity contribution in [2.45, 2.75) is 19.5 Å². The van der Waals surface area contributed by atoms with Crippen molar-refractivity contribution in [3.05, 3.63) is 82.9 Å². The molecule has 0 bridgehead atoms. The molecule has 0 aliphatic carbocycles. The maximum Gasteiger partial charge on any atom is 0.0453 e. The first-order valence-corrected chi connectivity index (χ1v) is 7.58. The van der Waals surface area contributed by atoms with E-state index in [4.69, 9.17) is 11.6 Å². The van der Waals surface area contributed by atoms with Crippen molar-refractivity contribution in [3.8, 4) is 0 Å². The van der Waals surface area contributed by atoms with Gasteiger partial charge in [0.2, 0.25) is 0 Å². The van der Waals surface area contributed by atoms with E-state index < -0.39 is 0 Å². The smallest absolute Gasteiger partial charge is 0.0453 e. The summed E-state index contributed by atoms with van der Waals surface area (Å²) in [6, 6.07) is 23.1. The Morgan fingerprint density at radius 2 is 1.62 bits per heavy atom. The van der Waals surface area contributed by atoms with Crippen LogP contribution in [0.1, 0.15) is 24.1 Å². The fourth-order valence-corrected chi connectivity index (χ4v) is 2.95. The number of hydrogen-bond donors (Lipinski definition) is 1. The third kappa shape index (κ3) is 3.10. The lowest BCUT2D eigenvalue weighted by molar-refractivity contribution is 0.576. The third-order valence-corrected chi connectivity index (χ3v) is 4.19. The van der Waals surface area contributed by atoms with Crippen molar-refractivity contribution < 1.29 is 0 Å². The van der Waals surface area contributed by atoms with Crippen molar-refractivity contribution in [2.75, 3.05) is 0 Å². The molecule has 0 radical (unpaired) electrons. The van der Waals surface area contributed by atoms with Crippen LogP contribution in [0.4, 0.5) is 0 Å². The van der Waals surface area contributed by atoms with Crippen LogP contribution >= 0.6 is 11.6 Å². The average Bonchev–Trinajstić information content (AvgIpc) is 2.53. The molecular formula is C19H18ClN. The monoisotopic (exact) mass is 295 g/mol. The first kappa shape index (κ1) is 14.1. The van der Waals surface area contributed by atoms with Gasteiger partial charge in [0.1, 0.15) is 0 Å². The maximum atomic E-state index is 6.26. The van der Waals surface area contributed by atoms with Crippen LogP contribution in [0.15, 0.2) is 66.7 Å². The van der Waals surface area contributed by atoms with Crippen molar-refractivity contribution in [2.24, 2.45) is 0 Å². The summed E-state index contributed by atoms with van der Waals surface area (Å²) >= 11 is 6.26. The van der Waals surface area contributed by atoms with Crippen LogP contribution in [0, 0.1) is 0 Å². The van der Waals surface area contributed by atoms with E-state index in [-0.39, 0.29) is 6.04 Å². The summed E-state index contributed by atoms with van der Waals surface area (Å²) in [4.78, 5) is 0. The van der Waals surface area contributed by atoms with Gasteiger partial charge in [-0.15, -0.1) is 0 Å². The fourth-order valence-electron chi connectivity index (χ4n) is 2.65. The highest BCUT2D eigenvalue weighted by Crippen LogP contribution is 2.23. The quantitative estimate of drug-likeness (QED) is 0.684. The number of halogens is 1. The summed E-state index contributed by atoms with van der Waals surface area (Å²) in [5, 5.41) is 6.96. The Labute approximate surface area is 130 Å². The van der Waals surface area contributed by atoms with E-state index in [2.05, 4.69) is 60.8 Å². The number of benzene rings is 3. The number of hydrogen-bond acceptors (Lipinski definition) is 1. The molecule has 2 heteroatoms. The van der Waals surface area contributed by atoms with Crippen LogP contribution in [0.2, 0.25) is 5.02 Å². The van der Waals surface area contributed by atoms with Gasteiger partial charge >= 0.3 is 0 Å². The van der Waals surface area contributed by atoms with Crippen molar-refractivity contribution in [3.63, 3.8) is 0 Å². The molecule has 3 aromatic carbocycles. The van der Waals surface area contributed by atoms with Gasteiger partial charge < -0.3 is 5.32 Å². The van der Waals surface area contributed by atoms with Gasteiger partial charge in [-0.05, 0) is 34.9 Å². The van der Waals surface area contributed by atoms with E-state index in [9.17, 15) is 0 Å². The van der Waals surface area contributed by atoms with Gasteiger partial charge in [-0.3, -0.25) is 0 Å². The second-order valence-corrected chi connectivity index (χ2v) is 5.67. The molecular weight excluding hydrogens is 278 g/mol. The molecule has 3 aromatic rings. The van der Waals surface area contributed by atoms with Gasteiger partial charge in [0, 0.05) is 17.6 Å². The van der Waals surface area contributed by atoms with E-state index in [1.54, 1.807) is 0 Å². The van der Waals surface area contributed by atoms with Crippen LogP contribution in [0.5, 0.6) is 0 Å². The lowest BCUT2D eigenvalue weighted by Gasteiger charge is -2.16. The van der Waals surface area contributed by atoms with Crippen molar-refractivity contribution in [1.82, 2.24) is 5.32 Å². The molecule has 0 saturated carbocycles. The third-order valence-electron chi connectivity index (χ3n) is 3.85. The SMILES string of the molecule is C[C@@H](NCc1cccc2ccccc12)c1ccccc1Cl. The molecule has 21 heavy (non-hydrogen) atoms. The molecule has 0 aromatic heterocycles.